The fourth-order valence-electron chi connectivity index (χ4n) is 2.77. The Morgan fingerprint density at radius 1 is 0.565 bits per heavy atom. The summed E-state index contributed by atoms with van der Waals surface area (Å²) in [5.41, 5.74) is 0. The maximum Gasteiger partial charge on any atom is 0.209 e. The molecule has 4 heteroatoms. The molecule has 0 atom stereocenters. The molecule has 0 fully saturated rings. The lowest BCUT2D eigenvalue weighted by Gasteiger charge is -2.24. The maximum atomic E-state index is 3.39. The van der Waals surface area contributed by atoms with Gasteiger partial charge in [-0.25, -0.2) is 0 Å². The summed E-state index contributed by atoms with van der Waals surface area (Å²) >= 11 is 0. The molecule has 4 nitrogen and oxygen atoms in total. The van der Waals surface area contributed by atoms with E-state index in [2.05, 4.69) is 71.6 Å². The topological polar surface area (TPSA) is 13.0 Å². The van der Waals surface area contributed by atoms with E-state index in [4.69, 9.17) is 0 Å². The summed E-state index contributed by atoms with van der Waals surface area (Å²) in [6, 6.07) is 0. The van der Waals surface area contributed by atoms with Crippen LogP contribution in [0.25, 0.3) is 0 Å². The second-order valence-corrected chi connectivity index (χ2v) is 6.39. The number of rotatable bonds is 12. The van der Waals surface area contributed by atoms with Gasteiger partial charge in [0.15, 0.2) is 0 Å². The van der Waals surface area contributed by atoms with Crippen molar-refractivity contribution in [3.8, 4) is 0 Å². The standard InChI is InChI=1S/C19H32N4/c1-3-5-7-9-11-20-13-15-22(17-20)19-23-16-14-21(18-23)12-10-8-6-4-2/h13-16H,3-12,19H2,1-2H3. The largest absolute Gasteiger partial charge is 0.346 e. The fourth-order valence-corrected chi connectivity index (χ4v) is 2.77. The lowest BCUT2D eigenvalue weighted by atomic mass is 10.2. The van der Waals surface area contributed by atoms with Gasteiger partial charge in [0.05, 0.1) is 6.67 Å². The van der Waals surface area contributed by atoms with Crippen LogP contribution in [0.1, 0.15) is 65.2 Å². The van der Waals surface area contributed by atoms with Gasteiger partial charge in [0.1, 0.15) is 0 Å². The average molecular weight is 316 g/mol. The first kappa shape index (κ1) is 18.0. The zero-order chi connectivity index (χ0) is 16.3. The van der Waals surface area contributed by atoms with Crippen molar-refractivity contribution in [2.45, 2.75) is 65.2 Å². The molecule has 2 heterocycles. The fraction of sp³-hybridized carbons (Fsp3) is 0.684. The number of nitrogens with zero attached hydrogens (tertiary/aromatic N) is 4. The van der Waals surface area contributed by atoms with Gasteiger partial charge in [-0.2, -0.15) is 0 Å². The van der Waals surface area contributed by atoms with Crippen LogP contribution < -0.4 is 0 Å². The Balaban J connectivity index is 1.55. The van der Waals surface area contributed by atoms with E-state index in [9.17, 15) is 0 Å². The van der Waals surface area contributed by atoms with Gasteiger partial charge >= 0.3 is 0 Å². The van der Waals surface area contributed by atoms with Crippen LogP contribution in [-0.4, -0.2) is 39.4 Å². The van der Waals surface area contributed by atoms with E-state index in [0.29, 0.717) is 0 Å². The third-order valence-corrected chi connectivity index (χ3v) is 4.18. The summed E-state index contributed by atoms with van der Waals surface area (Å²) in [7, 11) is 0. The lowest BCUT2D eigenvalue weighted by molar-refractivity contribution is 0.234. The van der Waals surface area contributed by atoms with E-state index in [0.717, 1.165) is 19.8 Å². The van der Waals surface area contributed by atoms with Crippen LogP contribution in [0, 0.1) is 13.3 Å². The molecule has 2 aliphatic rings. The zero-order valence-corrected chi connectivity index (χ0v) is 14.9. The smallest absolute Gasteiger partial charge is 0.209 e. The highest BCUT2D eigenvalue weighted by atomic mass is 15.4. The van der Waals surface area contributed by atoms with Crippen LogP contribution in [0.15, 0.2) is 24.8 Å². The predicted molar refractivity (Wildman–Crippen MR) is 95.0 cm³/mol. The molecule has 0 amide bonds. The summed E-state index contributed by atoms with van der Waals surface area (Å²) in [5, 5.41) is 0. The van der Waals surface area contributed by atoms with Crippen molar-refractivity contribution in [2.24, 2.45) is 0 Å². The summed E-state index contributed by atoms with van der Waals surface area (Å²) in [5.74, 6) is 0. The van der Waals surface area contributed by atoms with E-state index < -0.39 is 0 Å². The first-order chi connectivity index (χ1) is 11.3. The van der Waals surface area contributed by atoms with Crippen molar-refractivity contribution in [1.29, 1.82) is 0 Å². The molecule has 0 N–H and O–H groups in total. The van der Waals surface area contributed by atoms with Crippen molar-refractivity contribution in [3.63, 3.8) is 0 Å². The Kier molecular flexibility index (Phi) is 8.19. The third kappa shape index (κ3) is 6.76. The van der Waals surface area contributed by atoms with Crippen LogP contribution in [-0.2, 0) is 0 Å². The molecule has 0 unspecified atom stereocenters. The Morgan fingerprint density at radius 2 is 1.00 bits per heavy atom. The number of unbranched alkanes of at least 4 members (excludes halogenated alkanes) is 6. The van der Waals surface area contributed by atoms with Crippen molar-refractivity contribution < 1.29 is 0 Å². The Labute approximate surface area is 143 Å². The molecule has 0 aromatic rings. The van der Waals surface area contributed by atoms with Gasteiger partial charge in [-0.1, -0.05) is 52.4 Å². The number of hydrogen-bond donors (Lipinski definition) is 0. The molecule has 2 rings (SSSR count). The van der Waals surface area contributed by atoms with Crippen molar-refractivity contribution in [3.05, 3.63) is 38.1 Å². The second kappa shape index (κ2) is 10.5. The van der Waals surface area contributed by atoms with E-state index in [1.54, 1.807) is 0 Å². The summed E-state index contributed by atoms with van der Waals surface area (Å²) < 4.78 is 0. The molecule has 128 valence electrons. The predicted octanol–water partition coefficient (Wildman–Crippen LogP) is 4.27. The molecule has 0 spiro atoms. The quantitative estimate of drug-likeness (QED) is 0.498. The second-order valence-electron chi connectivity index (χ2n) is 6.39. The number of hydrogen-bond acceptors (Lipinski definition) is 4. The monoisotopic (exact) mass is 316 g/mol. The summed E-state index contributed by atoms with van der Waals surface area (Å²) in [4.78, 5) is 8.52. The van der Waals surface area contributed by atoms with Gasteiger partial charge in [-0.3, -0.25) is 0 Å². The van der Waals surface area contributed by atoms with E-state index >= 15 is 0 Å². The van der Waals surface area contributed by atoms with Crippen molar-refractivity contribution in [2.75, 3.05) is 19.8 Å². The van der Waals surface area contributed by atoms with Gasteiger partial charge in [-0.15, -0.1) is 0 Å². The van der Waals surface area contributed by atoms with E-state index in [1.807, 2.05) is 0 Å². The molecule has 0 saturated heterocycles. The van der Waals surface area contributed by atoms with Crippen LogP contribution in [0.5, 0.6) is 0 Å². The van der Waals surface area contributed by atoms with Crippen LogP contribution >= 0.6 is 0 Å². The molecule has 0 aromatic heterocycles. The summed E-state index contributed by atoms with van der Waals surface area (Å²) in [6.07, 6.45) is 18.8. The minimum Gasteiger partial charge on any atom is -0.346 e. The van der Waals surface area contributed by atoms with Gasteiger partial charge in [0.25, 0.3) is 0 Å². The lowest BCUT2D eigenvalue weighted by Crippen LogP contribution is -2.30. The highest BCUT2D eigenvalue weighted by Crippen LogP contribution is 2.18. The normalized spacial score (nSPS) is 17.1. The third-order valence-electron chi connectivity index (χ3n) is 4.18. The average Bonchev–Trinajstić information content (AvgIpc) is 3.18. The van der Waals surface area contributed by atoms with E-state index in [-0.39, 0.29) is 0 Å². The van der Waals surface area contributed by atoms with Gasteiger partial charge in [-0.05, 0) is 12.8 Å². The molecular weight excluding hydrogens is 284 g/mol. The highest BCUT2D eigenvalue weighted by molar-refractivity contribution is 5.01. The Bertz CT molecular complexity index is 332. The van der Waals surface area contributed by atoms with Gasteiger partial charge in [0.2, 0.25) is 13.3 Å². The molecule has 0 aromatic carbocycles. The molecular formula is C19H32N4. The van der Waals surface area contributed by atoms with Gasteiger partial charge < -0.3 is 19.6 Å². The molecule has 0 bridgehead atoms. The first-order valence-electron chi connectivity index (χ1n) is 9.27. The van der Waals surface area contributed by atoms with Crippen LogP contribution in [0.4, 0.5) is 0 Å². The summed E-state index contributed by atoms with van der Waals surface area (Å²) in [6.45, 7) is 14.2. The van der Waals surface area contributed by atoms with Gasteiger partial charge in [0, 0.05) is 37.9 Å². The Morgan fingerprint density at radius 3 is 1.43 bits per heavy atom. The molecule has 2 aliphatic heterocycles. The van der Waals surface area contributed by atoms with Crippen LogP contribution in [0.2, 0.25) is 0 Å². The molecule has 23 heavy (non-hydrogen) atoms. The molecule has 0 aliphatic carbocycles. The molecule has 0 saturated carbocycles. The first-order valence-corrected chi connectivity index (χ1v) is 9.27. The SMILES string of the molecule is CCCCCCN1[C]N(CN2[C]N(CCCCCC)C=C2)C=C1. The minimum atomic E-state index is 0.782. The van der Waals surface area contributed by atoms with Crippen LogP contribution in [0.3, 0.4) is 0 Å². The van der Waals surface area contributed by atoms with E-state index in [1.165, 1.54) is 51.4 Å². The Hall–Kier alpha value is -1.32. The zero-order valence-electron chi connectivity index (χ0n) is 14.9. The van der Waals surface area contributed by atoms with Crippen molar-refractivity contribution in [1.82, 2.24) is 19.6 Å². The maximum absolute atomic E-state index is 3.39. The molecule has 4 radical (unpaired) electrons. The minimum absolute atomic E-state index is 0.782. The van der Waals surface area contributed by atoms with Crippen molar-refractivity contribution >= 4 is 0 Å². The highest BCUT2D eigenvalue weighted by Gasteiger charge is 2.20.